The average Bonchev–Trinajstić information content (AvgIpc) is 2.06. The zero-order chi connectivity index (χ0) is 4.57. The summed E-state index contributed by atoms with van der Waals surface area (Å²) < 4.78 is 4.84. The van der Waals surface area contributed by atoms with Gasteiger partial charge in [-0.2, -0.15) is 0 Å². The van der Waals surface area contributed by atoms with Crippen molar-refractivity contribution in [1.82, 2.24) is 0 Å². The minimum atomic E-state index is 0.241. The summed E-state index contributed by atoms with van der Waals surface area (Å²) in [4.78, 5) is 0. The van der Waals surface area contributed by atoms with Crippen LogP contribution in [0, 0.1) is 0 Å². The van der Waals surface area contributed by atoms with Gasteiger partial charge in [0.15, 0.2) is 0 Å². The molecule has 0 bridgehead atoms. The molecule has 0 aromatic carbocycles. The van der Waals surface area contributed by atoms with E-state index in [1.807, 2.05) is 6.92 Å². The third-order valence-corrected chi connectivity index (χ3v) is 0.946. The van der Waals surface area contributed by atoms with Gasteiger partial charge < -0.3 is 10.5 Å². The number of hydrogen-bond acceptors (Lipinski definition) is 2. The van der Waals surface area contributed by atoms with Crippen molar-refractivity contribution in [3.8, 4) is 0 Å². The Morgan fingerprint density at radius 2 is 2.50 bits per heavy atom. The SMILES string of the molecule is CC(N)C1CO1. The predicted molar refractivity (Wildman–Crippen MR) is 23.4 cm³/mol. The van der Waals surface area contributed by atoms with Gasteiger partial charge in [-0.3, -0.25) is 0 Å². The monoisotopic (exact) mass is 87.1 g/mol. The van der Waals surface area contributed by atoms with Gasteiger partial charge in [-0.1, -0.05) is 0 Å². The summed E-state index contributed by atoms with van der Waals surface area (Å²) in [7, 11) is 0. The molecule has 1 aliphatic heterocycles. The highest BCUT2D eigenvalue weighted by molar-refractivity contribution is 4.77. The molecule has 0 spiro atoms. The molecule has 1 saturated heterocycles. The van der Waals surface area contributed by atoms with Crippen LogP contribution in [0.25, 0.3) is 0 Å². The van der Waals surface area contributed by atoms with Crippen molar-refractivity contribution in [3.63, 3.8) is 0 Å². The second-order valence-corrected chi connectivity index (χ2v) is 1.73. The highest BCUT2D eigenvalue weighted by Gasteiger charge is 2.25. The van der Waals surface area contributed by atoms with E-state index in [2.05, 4.69) is 0 Å². The average molecular weight is 87.1 g/mol. The second-order valence-electron chi connectivity index (χ2n) is 1.73. The van der Waals surface area contributed by atoms with Crippen molar-refractivity contribution < 1.29 is 4.74 Å². The molecule has 0 aromatic heterocycles. The fourth-order valence-electron chi connectivity index (χ4n) is 0.359. The molecule has 2 heteroatoms. The van der Waals surface area contributed by atoms with Crippen LogP contribution in [0.4, 0.5) is 0 Å². The van der Waals surface area contributed by atoms with Crippen molar-refractivity contribution >= 4 is 0 Å². The maximum absolute atomic E-state index is 5.37. The number of hydrogen-bond donors (Lipinski definition) is 1. The lowest BCUT2D eigenvalue weighted by atomic mass is 10.3. The Kier molecular flexibility index (Phi) is 0.821. The van der Waals surface area contributed by atoms with Crippen LogP contribution >= 0.6 is 0 Å². The van der Waals surface area contributed by atoms with Gasteiger partial charge in [0.25, 0.3) is 0 Å². The normalized spacial score (nSPS) is 36.0. The first kappa shape index (κ1) is 4.09. The molecule has 0 saturated carbocycles. The smallest absolute Gasteiger partial charge is 0.0957 e. The molecule has 2 atom stereocenters. The summed E-state index contributed by atoms with van der Waals surface area (Å²) in [6.07, 6.45) is 0.380. The van der Waals surface area contributed by atoms with E-state index in [9.17, 15) is 0 Å². The molecule has 6 heavy (non-hydrogen) atoms. The third-order valence-electron chi connectivity index (χ3n) is 0.946. The van der Waals surface area contributed by atoms with E-state index >= 15 is 0 Å². The minimum absolute atomic E-state index is 0.241. The molecule has 0 radical (unpaired) electrons. The fourth-order valence-corrected chi connectivity index (χ4v) is 0.359. The highest BCUT2D eigenvalue weighted by Crippen LogP contribution is 2.10. The number of ether oxygens (including phenoxy) is 1. The Morgan fingerprint density at radius 1 is 2.00 bits per heavy atom. The second kappa shape index (κ2) is 1.21. The molecule has 2 N–H and O–H groups in total. The summed E-state index contributed by atoms with van der Waals surface area (Å²) in [5, 5.41) is 0. The van der Waals surface area contributed by atoms with Crippen molar-refractivity contribution in [3.05, 3.63) is 0 Å². The molecule has 2 nitrogen and oxygen atoms in total. The van der Waals surface area contributed by atoms with E-state index in [-0.39, 0.29) is 6.04 Å². The molecule has 1 heterocycles. The molecule has 0 aromatic rings. The van der Waals surface area contributed by atoms with Crippen LogP contribution in [-0.4, -0.2) is 18.8 Å². The lowest BCUT2D eigenvalue weighted by Gasteiger charge is -1.92. The third kappa shape index (κ3) is 0.698. The van der Waals surface area contributed by atoms with Gasteiger partial charge in [0, 0.05) is 6.04 Å². The molecule has 0 amide bonds. The highest BCUT2D eigenvalue weighted by atomic mass is 16.6. The van der Waals surface area contributed by atoms with E-state index in [1.165, 1.54) is 0 Å². The first-order chi connectivity index (χ1) is 2.80. The molecule has 36 valence electrons. The van der Waals surface area contributed by atoms with Crippen LogP contribution in [0.15, 0.2) is 0 Å². The van der Waals surface area contributed by atoms with Gasteiger partial charge in [0.1, 0.15) is 0 Å². The summed E-state index contributed by atoms with van der Waals surface area (Å²) in [6, 6.07) is 0.241. The number of epoxide rings is 1. The largest absolute Gasteiger partial charge is 0.371 e. The Labute approximate surface area is 37.3 Å². The molecule has 1 rings (SSSR count). The van der Waals surface area contributed by atoms with Crippen LogP contribution in [0.5, 0.6) is 0 Å². The quantitative estimate of drug-likeness (QED) is 0.447. The van der Waals surface area contributed by atoms with Crippen molar-refractivity contribution in [2.24, 2.45) is 5.73 Å². The first-order valence-electron chi connectivity index (χ1n) is 2.18. The van der Waals surface area contributed by atoms with Gasteiger partial charge >= 0.3 is 0 Å². The molecule has 1 aliphatic rings. The zero-order valence-electron chi connectivity index (χ0n) is 3.85. The zero-order valence-corrected chi connectivity index (χ0v) is 3.85. The van der Waals surface area contributed by atoms with Crippen molar-refractivity contribution in [2.45, 2.75) is 19.1 Å². The summed E-state index contributed by atoms with van der Waals surface area (Å²) in [6.45, 7) is 2.83. The number of rotatable bonds is 1. The van der Waals surface area contributed by atoms with Crippen LogP contribution in [0.1, 0.15) is 6.92 Å². The van der Waals surface area contributed by atoms with Gasteiger partial charge in [-0.15, -0.1) is 0 Å². The van der Waals surface area contributed by atoms with Gasteiger partial charge in [0.2, 0.25) is 0 Å². The van der Waals surface area contributed by atoms with Crippen LogP contribution in [0.3, 0.4) is 0 Å². The van der Waals surface area contributed by atoms with E-state index in [0.717, 1.165) is 6.61 Å². The van der Waals surface area contributed by atoms with Crippen LogP contribution < -0.4 is 5.73 Å². The topological polar surface area (TPSA) is 38.5 Å². The lowest BCUT2D eigenvalue weighted by molar-refractivity contribution is 0.382. The van der Waals surface area contributed by atoms with Gasteiger partial charge in [0.05, 0.1) is 12.7 Å². The summed E-state index contributed by atoms with van der Waals surface area (Å²) in [5.41, 5.74) is 5.37. The molecule has 0 aliphatic carbocycles. The van der Waals surface area contributed by atoms with Gasteiger partial charge in [-0.05, 0) is 6.92 Å². The van der Waals surface area contributed by atoms with Crippen LogP contribution in [0.2, 0.25) is 0 Å². The van der Waals surface area contributed by atoms with Crippen LogP contribution in [-0.2, 0) is 4.74 Å². The Morgan fingerprint density at radius 3 is 2.50 bits per heavy atom. The first-order valence-corrected chi connectivity index (χ1v) is 2.18. The Bertz CT molecular complexity index is 49.5. The minimum Gasteiger partial charge on any atom is -0.371 e. The molecule has 1 fully saturated rings. The van der Waals surface area contributed by atoms with E-state index in [0.29, 0.717) is 6.10 Å². The van der Waals surface area contributed by atoms with E-state index in [1.54, 1.807) is 0 Å². The maximum atomic E-state index is 5.37. The summed E-state index contributed by atoms with van der Waals surface area (Å²) >= 11 is 0. The lowest BCUT2D eigenvalue weighted by Crippen LogP contribution is -2.21. The molecule has 2 unspecified atom stereocenters. The Hall–Kier alpha value is -0.0800. The number of nitrogens with two attached hydrogens (primary N) is 1. The molecular formula is C4H9NO. The summed E-state index contributed by atoms with van der Waals surface area (Å²) in [5.74, 6) is 0. The standard InChI is InChI=1S/C4H9NO/c1-3(5)4-2-6-4/h3-4H,2,5H2,1H3. The van der Waals surface area contributed by atoms with Crippen molar-refractivity contribution in [2.75, 3.05) is 6.61 Å². The molecular weight excluding hydrogens is 78.0 g/mol. The van der Waals surface area contributed by atoms with E-state index in [4.69, 9.17) is 10.5 Å². The van der Waals surface area contributed by atoms with Crippen molar-refractivity contribution in [1.29, 1.82) is 0 Å². The fraction of sp³-hybridized carbons (Fsp3) is 1.00. The maximum Gasteiger partial charge on any atom is 0.0957 e. The Balaban J connectivity index is 2.13. The predicted octanol–water partition coefficient (Wildman–Crippen LogP) is -0.268. The van der Waals surface area contributed by atoms with Gasteiger partial charge in [-0.25, -0.2) is 0 Å². The van der Waals surface area contributed by atoms with E-state index < -0.39 is 0 Å².